The fourth-order valence-corrected chi connectivity index (χ4v) is 3.58. The lowest BCUT2D eigenvalue weighted by atomic mass is 10.1. The molecular formula is C27H31NO5. The van der Waals surface area contributed by atoms with Gasteiger partial charge in [0.1, 0.15) is 11.5 Å². The van der Waals surface area contributed by atoms with Crippen molar-refractivity contribution in [2.24, 2.45) is 0 Å². The van der Waals surface area contributed by atoms with Crippen LogP contribution >= 0.6 is 0 Å². The highest BCUT2D eigenvalue weighted by Gasteiger charge is 2.21. The van der Waals surface area contributed by atoms with Crippen molar-refractivity contribution in [2.45, 2.75) is 52.0 Å². The van der Waals surface area contributed by atoms with E-state index in [4.69, 9.17) is 15.6 Å². The monoisotopic (exact) mass is 450 g/mol. The zero-order chi connectivity index (χ0) is 24.5. The van der Waals surface area contributed by atoms with Crippen LogP contribution in [0.2, 0.25) is 0 Å². The largest absolute Gasteiger partial charge is 0.493 e. The molecule has 174 valence electrons. The first kappa shape index (κ1) is 22.6. The number of carbonyl (C=O) groups is 2. The Morgan fingerprint density at radius 3 is 2.45 bits per heavy atom. The fraction of sp³-hybridized carbons (Fsp3) is 0.333. The van der Waals surface area contributed by atoms with Crippen LogP contribution in [-0.2, 0) is 16.0 Å². The SMILES string of the molecule is [2H]C(C(=O)N(c1ccc(-c2ccco2)cc1)C(C)C)c1ccccc1OCCCCCC(=O)O. The van der Waals surface area contributed by atoms with Gasteiger partial charge in [-0.1, -0.05) is 18.2 Å². The molecule has 3 rings (SSSR count). The quantitative estimate of drug-likeness (QED) is 0.345. The highest BCUT2D eigenvalue weighted by atomic mass is 16.5. The molecule has 0 aliphatic rings. The molecule has 0 saturated heterocycles. The normalized spacial score (nSPS) is 12.3. The van der Waals surface area contributed by atoms with Crippen LogP contribution in [0.15, 0.2) is 71.3 Å². The number of furan rings is 1. The summed E-state index contributed by atoms with van der Waals surface area (Å²) in [6, 6.07) is 18.2. The Balaban J connectivity index is 1.70. The van der Waals surface area contributed by atoms with Crippen molar-refractivity contribution in [3.8, 4) is 17.1 Å². The Morgan fingerprint density at radius 2 is 1.79 bits per heavy atom. The van der Waals surface area contributed by atoms with Crippen molar-refractivity contribution in [3.05, 3.63) is 72.5 Å². The van der Waals surface area contributed by atoms with E-state index in [1.165, 1.54) is 0 Å². The molecule has 2 aromatic carbocycles. The topological polar surface area (TPSA) is 80.0 Å². The van der Waals surface area contributed by atoms with Gasteiger partial charge >= 0.3 is 5.97 Å². The molecule has 0 aliphatic carbocycles. The number of carboxylic acids is 1. The molecular weight excluding hydrogens is 418 g/mol. The summed E-state index contributed by atoms with van der Waals surface area (Å²) >= 11 is 0. The van der Waals surface area contributed by atoms with Crippen molar-refractivity contribution in [3.63, 3.8) is 0 Å². The molecule has 1 heterocycles. The first-order valence-electron chi connectivity index (χ1n) is 11.8. The van der Waals surface area contributed by atoms with Crippen LogP contribution in [0.5, 0.6) is 5.75 Å². The first-order valence-corrected chi connectivity index (χ1v) is 11.2. The maximum Gasteiger partial charge on any atom is 0.303 e. The molecule has 0 spiro atoms. The number of ether oxygens (including phenoxy) is 1. The standard InChI is InChI=1S/C27H31NO5/c1-20(2)28(23-15-13-21(14-16-23)24-11-8-18-33-24)26(29)19-22-9-5-6-10-25(22)32-17-7-3-4-12-27(30)31/h5-6,8-11,13-16,18,20H,3-4,7,12,17,19H2,1-2H3,(H,30,31)/i19D. The van der Waals surface area contributed by atoms with Gasteiger partial charge in [-0.3, -0.25) is 9.59 Å². The minimum Gasteiger partial charge on any atom is -0.493 e. The van der Waals surface area contributed by atoms with Crippen LogP contribution in [0.4, 0.5) is 5.69 Å². The average Bonchev–Trinajstić information content (AvgIpc) is 3.36. The zero-order valence-corrected chi connectivity index (χ0v) is 19.1. The van der Waals surface area contributed by atoms with E-state index < -0.39 is 12.4 Å². The van der Waals surface area contributed by atoms with Crippen molar-refractivity contribution in [1.82, 2.24) is 0 Å². The number of amides is 1. The molecule has 0 aliphatic heterocycles. The minimum atomic E-state index is -1.14. The number of carbonyl (C=O) groups excluding carboxylic acids is 1. The van der Waals surface area contributed by atoms with Gasteiger partial charge in [-0.25, -0.2) is 0 Å². The van der Waals surface area contributed by atoms with E-state index in [0.29, 0.717) is 36.4 Å². The minimum absolute atomic E-state index is 0.142. The summed E-state index contributed by atoms with van der Waals surface area (Å²) in [6.45, 7) is 4.24. The molecule has 0 fully saturated rings. The third-order valence-electron chi connectivity index (χ3n) is 5.20. The van der Waals surface area contributed by atoms with Crippen molar-refractivity contribution < 1.29 is 25.2 Å². The lowest BCUT2D eigenvalue weighted by molar-refractivity contribution is -0.137. The first-order chi connectivity index (χ1) is 16.4. The number of aliphatic carboxylic acids is 1. The number of rotatable bonds is 12. The highest BCUT2D eigenvalue weighted by Crippen LogP contribution is 2.26. The molecule has 1 atom stereocenters. The maximum atomic E-state index is 13.4. The van der Waals surface area contributed by atoms with Crippen LogP contribution < -0.4 is 9.64 Å². The summed E-state index contributed by atoms with van der Waals surface area (Å²) in [6.07, 6.45) is 2.67. The molecule has 0 saturated carbocycles. The zero-order valence-electron chi connectivity index (χ0n) is 20.1. The van der Waals surface area contributed by atoms with Crippen molar-refractivity contribution in [2.75, 3.05) is 11.5 Å². The van der Waals surface area contributed by atoms with Gasteiger partial charge in [0.2, 0.25) is 5.91 Å². The average molecular weight is 451 g/mol. The predicted octanol–water partition coefficient (Wildman–Crippen LogP) is 5.95. The van der Waals surface area contributed by atoms with Crippen molar-refractivity contribution >= 4 is 17.6 Å². The molecule has 6 heteroatoms. The Kier molecular flexibility index (Phi) is 8.17. The molecule has 0 bridgehead atoms. The number of anilines is 1. The van der Waals surface area contributed by atoms with Crippen LogP contribution in [0.1, 0.15) is 46.5 Å². The van der Waals surface area contributed by atoms with E-state index in [9.17, 15) is 9.59 Å². The molecule has 1 N–H and O–H groups in total. The molecule has 6 nitrogen and oxygen atoms in total. The number of unbranched alkanes of at least 4 members (excludes halogenated alkanes) is 2. The van der Waals surface area contributed by atoms with E-state index in [-0.39, 0.29) is 18.4 Å². The number of benzene rings is 2. The Morgan fingerprint density at radius 1 is 1.03 bits per heavy atom. The van der Waals surface area contributed by atoms with Gasteiger partial charge in [0, 0.05) is 30.6 Å². The van der Waals surface area contributed by atoms with Crippen LogP contribution in [-0.4, -0.2) is 29.6 Å². The number of hydrogen-bond donors (Lipinski definition) is 1. The summed E-state index contributed by atoms with van der Waals surface area (Å²) in [5.74, 6) is 0.123. The van der Waals surface area contributed by atoms with Gasteiger partial charge in [0.15, 0.2) is 0 Å². The maximum absolute atomic E-state index is 13.4. The van der Waals surface area contributed by atoms with E-state index >= 15 is 0 Å². The predicted molar refractivity (Wildman–Crippen MR) is 129 cm³/mol. The van der Waals surface area contributed by atoms with Gasteiger partial charge in [0.25, 0.3) is 0 Å². The lowest BCUT2D eigenvalue weighted by Crippen LogP contribution is -2.38. The van der Waals surface area contributed by atoms with Gasteiger partial charge in [-0.2, -0.15) is 0 Å². The Hall–Kier alpha value is -3.54. The molecule has 1 unspecified atom stereocenters. The molecule has 1 amide bonds. The molecule has 0 radical (unpaired) electrons. The smallest absolute Gasteiger partial charge is 0.303 e. The van der Waals surface area contributed by atoms with Crippen LogP contribution in [0.25, 0.3) is 11.3 Å². The lowest BCUT2D eigenvalue weighted by Gasteiger charge is -2.27. The molecule has 1 aromatic heterocycles. The Bertz CT molecular complexity index is 1060. The summed E-state index contributed by atoms with van der Waals surface area (Å²) < 4.78 is 20.0. The van der Waals surface area contributed by atoms with Gasteiger partial charge in [-0.05, 0) is 75.6 Å². The number of hydrogen-bond acceptors (Lipinski definition) is 4. The second-order valence-electron chi connectivity index (χ2n) is 8.06. The molecule has 33 heavy (non-hydrogen) atoms. The van der Waals surface area contributed by atoms with Crippen LogP contribution in [0.3, 0.4) is 0 Å². The van der Waals surface area contributed by atoms with E-state index in [2.05, 4.69) is 0 Å². The number of para-hydroxylation sites is 1. The van der Waals surface area contributed by atoms with E-state index in [1.807, 2.05) is 56.3 Å². The second-order valence-corrected chi connectivity index (χ2v) is 8.06. The van der Waals surface area contributed by atoms with Gasteiger partial charge in [0.05, 0.1) is 19.3 Å². The number of carboxylic acid groups (broad SMARTS) is 1. The van der Waals surface area contributed by atoms with E-state index in [1.54, 1.807) is 29.4 Å². The van der Waals surface area contributed by atoms with Gasteiger partial charge < -0.3 is 19.2 Å². The second kappa shape index (κ2) is 11.9. The third-order valence-corrected chi connectivity index (χ3v) is 5.20. The van der Waals surface area contributed by atoms with Crippen molar-refractivity contribution in [1.29, 1.82) is 0 Å². The number of nitrogens with zero attached hydrogens (tertiary/aromatic N) is 1. The summed E-state index contributed by atoms with van der Waals surface area (Å²) in [4.78, 5) is 25.7. The highest BCUT2D eigenvalue weighted by molar-refractivity contribution is 5.95. The van der Waals surface area contributed by atoms with Crippen LogP contribution in [0, 0.1) is 0 Å². The third kappa shape index (κ3) is 6.97. The molecule has 3 aromatic rings. The Labute approximate surface area is 196 Å². The van der Waals surface area contributed by atoms with E-state index in [0.717, 1.165) is 17.7 Å². The fourth-order valence-electron chi connectivity index (χ4n) is 3.58. The van der Waals surface area contributed by atoms with Gasteiger partial charge in [-0.15, -0.1) is 0 Å². The summed E-state index contributed by atoms with van der Waals surface area (Å²) in [5, 5.41) is 8.73. The summed E-state index contributed by atoms with van der Waals surface area (Å²) in [5.41, 5.74) is 2.13. The summed E-state index contributed by atoms with van der Waals surface area (Å²) in [7, 11) is 0.